The van der Waals surface area contributed by atoms with E-state index in [0.717, 1.165) is 43.6 Å². The molecular weight excluding hydrogens is 286 g/mol. The minimum atomic E-state index is -0.424. The lowest BCUT2D eigenvalue weighted by molar-refractivity contribution is -0.128. The SMILES string of the molecule is CC1CCCC(NC(=O)C2CCSCC2)(c2nn[nH]n2)C1. The van der Waals surface area contributed by atoms with Gasteiger partial charge in [0.15, 0.2) is 5.82 Å². The summed E-state index contributed by atoms with van der Waals surface area (Å²) < 4.78 is 0. The zero-order chi connectivity index (χ0) is 14.7. The first-order valence-electron chi connectivity index (χ1n) is 7.83. The molecule has 1 saturated heterocycles. The van der Waals surface area contributed by atoms with E-state index in [1.165, 1.54) is 6.42 Å². The summed E-state index contributed by atoms with van der Waals surface area (Å²) in [6.45, 7) is 2.23. The van der Waals surface area contributed by atoms with E-state index in [4.69, 9.17) is 0 Å². The Morgan fingerprint density at radius 3 is 2.86 bits per heavy atom. The van der Waals surface area contributed by atoms with Crippen LogP contribution in [0.25, 0.3) is 0 Å². The fraction of sp³-hybridized carbons (Fsp3) is 0.857. The number of thioether (sulfide) groups is 1. The maximum absolute atomic E-state index is 12.7. The van der Waals surface area contributed by atoms with Gasteiger partial charge in [-0.2, -0.15) is 17.0 Å². The highest BCUT2D eigenvalue weighted by Crippen LogP contribution is 2.38. The number of carbonyl (C=O) groups is 1. The number of hydrogen-bond acceptors (Lipinski definition) is 5. The molecule has 1 aromatic rings. The maximum Gasteiger partial charge on any atom is 0.223 e. The van der Waals surface area contributed by atoms with Gasteiger partial charge in [0.25, 0.3) is 0 Å². The molecule has 2 atom stereocenters. The third kappa shape index (κ3) is 3.22. The number of aromatic nitrogens is 4. The van der Waals surface area contributed by atoms with E-state index < -0.39 is 5.54 Å². The Morgan fingerprint density at radius 1 is 1.38 bits per heavy atom. The van der Waals surface area contributed by atoms with Gasteiger partial charge >= 0.3 is 0 Å². The van der Waals surface area contributed by atoms with Gasteiger partial charge in [0.05, 0.1) is 0 Å². The van der Waals surface area contributed by atoms with Crippen LogP contribution in [0.5, 0.6) is 0 Å². The van der Waals surface area contributed by atoms with Crippen molar-refractivity contribution in [2.75, 3.05) is 11.5 Å². The number of hydrogen-bond donors (Lipinski definition) is 2. The minimum Gasteiger partial charge on any atom is -0.343 e. The van der Waals surface area contributed by atoms with Crippen LogP contribution < -0.4 is 5.32 Å². The lowest BCUT2D eigenvalue weighted by Gasteiger charge is -2.39. The smallest absolute Gasteiger partial charge is 0.223 e. The van der Waals surface area contributed by atoms with Crippen molar-refractivity contribution in [2.45, 2.75) is 51.0 Å². The van der Waals surface area contributed by atoms with Gasteiger partial charge in [0.2, 0.25) is 5.91 Å². The molecule has 1 aliphatic heterocycles. The van der Waals surface area contributed by atoms with Crippen molar-refractivity contribution in [2.24, 2.45) is 11.8 Å². The average molecular weight is 309 g/mol. The zero-order valence-corrected chi connectivity index (χ0v) is 13.3. The summed E-state index contributed by atoms with van der Waals surface area (Å²) in [7, 11) is 0. The number of tetrazole rings is 1. The molecule has 6 nitrogen and oxygen atoms in total. The Morgan fingerprint density at radius 2 is 2.19 bits per heavy atom. The van der Waals surface area contributed by atoms with Gasteiger partial charge in [-0.3, -0.25) is 4.79 Å². The van der Waals surface area contributed by atoms with Gasteiger partial charge in [0.1, 0.15) is 5.54 Å². The standard InChI is InChI=1S/C14H23N5OS/c1-10-3-2-6-14(9-10,13-16-18-19-17-13)15-12(20)11-4-7-21-8-5-11/h10-11H,2-9H2,1H3,(H,15,20)(H,16,17,18,19). The first-order chi connectivity index (χ1) is 10.2. The molecule has 1 saturated carbocycles. The van der Waals surface area contributed by atoms with Gasteiger partial charge in [-0.1, -0.05) is 25.0 Å². The summed E-state index contributed by atoms with van der Waals surface area (Å²) >= 11 is 1.94. The van der Waals surface area contributed by atoms with Crippen molar-refractivity contribution in [3.05, 3.63) is 5.82 Å². The first-order valence-corrected chi connectivity index (χ1v) is 8.99. The van der Waals surface area contributed by atoms with Gasteiger partial charge < -0.3 is 5.32 Å². The molecule has 21 heavy (non-hydrogen) atoms. The third-order valence-electron chi connectivity index (χ3n) is 4.73. The van der Waals surface area contributed by atoms with E-state index in [9.17, 15) is 4.79 Å². The maximum atomic E-state index is 12.7. The summed E-state index contributed by atoms with van der Waals surface area (Å²) in [6.07, 6.45) is 6.07. The van der Waals surface area contributed by atoms with Crippen molar-refractivity contribution >= 4 is 17.7 Å². The number of aromatic amines is 1. The molecule has 3 rings (SSSR count). The minimum absolute atomic E-state index is 0.146. The molecule has 0 aromatic carbocycles. The lowest BCUT2D eigenvalue weighted by Crippen LogP contribution is -2.51. The number of rotatable bonds is 3. The molecule has 1 aromatic heterocycles. The molecule has 0 bridgehead atoms. The molecule has 1 aliphatic carbocycles. The Balaban J connectivity index is 1.77. The number of nitrogens with one attached hydrogen (secondary N) is 2. The third-order valence-corrected chi connectivity index (χ3v) is 5.77. The molecule has 2 fully saturated rings. The van der Waals surface area contributed by atoms with E-state index in [1.807, 2.05) is 11.8 Å². The number of nitrogens with zero attached hydrogens (tertiary/aromatic N) is 3. The highest BCUT2D eigenvalue weighted by atomic mass is 32.2. The van der Waals surface area contributed by atoms with Crippen LogP contribution in [0, 0.1) is 11.8 Å². The van der Waals surface area contributed by atoms with Crippen LogP contribution in [0.4, 0.5) is 0 Å². The number of H-pyrrole nitrogens is 1. The van der Waals surface area contributed by atoms with E-state index in [-0.39, 0.29) is 11.8 Å². The fourth-order valence-corrected chi connectivity index (χ4v) is 4.69. The molecule has 2 heterocycles. The van der Waals surface area contributed by atoms with Crippen molar-refractivity contribution in [1.29, 1.82) is 0 Å². The molecular formula is C14H23N5OS. The molecule has 116 valence electrons. The van der Waals surface area contributed by atoms with Crippen LogP contribution in [0.1, 0.15) is 51.3 Å². The molecule has 1 amide bonds. The van der Waals surface area contributed by atoms with Crippen LogP contribution in [0.3, 0.4) is 0 Å². The molecule has 2 aliphatic rings. The fourth-order valence-electron chi connectivity index (χ4n) is 3.59. The Hall–Kier alpha value is -1.11. The van der Waals surface area contributed by atoms with E-state index in [2.05, 4.69) is 32.9 Å². The normalized spacial score (nSPS) is 31.0. The molecule has 2 N–H and O–H groups in total. The summed E-state index contributed by atoms with van der Waals surface area (Å²) in [5.41, 5.74) is -0.424. The van der Waals surface area contributed by atoms with Crippen LogP contribution in [0.15, 0.2) is 0 Å². The topological polar surface area (TPSA) is 83.6 Å². The van der Waals surface area contributed by atoms with Crippen LogP contribution in [0.2, 0.25) is 0 Å². The van der Waals surface area contributed by atoms with Gasteiger partial charge in [-0.25, -0.2) is 0 Å². The molecule has 0 radical (unpaired) electrons. The number of carbonyl (C=O) groups excluding carboxylic acids is 1. The van der Waals surface area contributed by atoms with Crippen molar-refractivity contribution in [3.8, 4) is 0 Å². The molecule has 0 spiro atoms. The second-order valence-electron chi connectivity index (χ2n) is 6.39. The van der Waals surface area contributed by atoms with Crippen LogP contribution in [-0.2, 0) is 10.3 Å². The summed E-state index contributed by atoms with van der Waals surface area (Å²) in [6, 6.07) is 0. The largest absolute Gasteiger partial charge is 0.343 e. The average Bonchev–Trinajstić information content (AvgIpc) is 3.03. The van der Waals surface area contributed by atoms with Gasteiger partial charge in [-0.05, 0) is 43.1 Å². The second-order valence-corrected chi connectivity index (χ2v) is 7.62. The van der Waals surface area contributed by atoms with Crippen LogP contribution in [-0.4, -0.2) is 38.0 Å². The highest BCUT2D eigenvalue weighted by molar-refractivity contribution is 7.99. The van der Waals surface area contributed by atoms with Crippen molar-refractivity contribution in [1.82, 2.24) is 25.9 Å². The highest BCUT2D eigenvalue weighted by Gasteiger charge is 2.42. The molecule has 7 heteroatoms. The quantitative estimate of drug-likeness (QED) is 0.890. The Kier molecular flexibility index (Phi) is 4.47. The van der Waals surface area contributed by atoms with E-state index in [0.29, 0.717) is 11.7 Å². The lowest BCUT2D eigenvalue weighted by atomic mass is 9.75. The van der Waals surface area contributed by atoms with Gasteiger partial charge in [-0.15, -0.1) is 10.2 Å². The van der Waals surface area contributed by atoms with Crippen molar-refractivity contribution in [3.63, 3.8) is 0 Å². The summed E-state index contributed by atoms with van der Waals surface area (Å²) in [5, 5.41) is 17.9. The van der Waals surface area contributed by atoms with E-state index >= 15 is 0 Å². The Labute approximate surface area is 129 Å². The molecule has 2 unspecified atom stereocenters. The Bertz CT molecular complexity index is 474. The van der Waals surface area contributed by atoms with Crippen LogP contribution >= 0.6 is 11.8 Å². The summed E-state index contributed by atoms with van der Waals surface area (Å²) in [4.78, 5) is 12.7. The van der Waals surface area contributed by atoms with Crippen molar-refractivity contribution < 1.29 is 4.79 Å². The zero-order valence-electron chi connectivity index (χ0n) is 12.5. The monoisotopic (exact) mass is 309 g/mol. The van der Waals surface area contributed by atoms with Gasteiger partial charge in [0, 0.05) is 5.92 Å². The second kappa shape index (κ2) is 6.34. The number of amides is 1. The first kappa shape index (κ1) is 14.8. The predicted molar refractivity (Wildman–Crippen MR) is 81.7 cm³/mol. The summed E-state index contributed by atoms with van der Waals surface area (Å²) in [5.74, 6) is 3.71. The van der Waals surface area contributed by atoms with E-state index in [1.54, 1.807) is 0 Å². The predicted octanol–water partition coefficient (Wildman–Crippen LogP) is 1.86.